The van der Waals surface area contributed by atoms with Gasteiger partial charge in [0.15, 0.2) is 0 Å². The number of hydrogen-bond acceptors (Lipinski definition) is 1. The first-order chi connectivity index (χ1) is 36.2. The van der Waals surface area contributed by atoms with Crippen LogP contribution < -0.4 is 4.90 Å². The molecule has 11 aromatic carbocycles. The average molecular weight is 947 g/mol. The Bertz CT molecular complexity index is 3940. The second-order valence-corrected chi connectivity index (χ2v) is 21.3. The van der Waals surface area contributed by atoms with E-state index in [0.717, 1.165) is 22.7 Å². The Hall–Kier alpha value is -8.98. The van der Waals surface area contributed by atoms with Crippen molar-refractivity contribution < 1.29 is 0 Å². The molecule has 0 bridgehead atoms. The lowest BCUT2D eigenvalue weighted by molar-refractivity contribution is 0.660. The van der Waals surface area contributed by atoms with E-state index in [4.69, 9.17) is 0 Å². The molecular formula is C72H54N2. The van der Waals surface area contributed by atoms with Gasteiger partial charge in [-0.15, -0.1) is 0 Å². The molecule has 0 spiro atoms. The zero-order chi connectivity index (χ0) is 49.7. The Balaban J connectivity index is 0.848. The zero-order valence-corrected chi connectivity index (χ0v) is 42.1. The molecule has 0 N–H and O–H groups in total. The highest BCUT2D eigenvalue weighted by Crippen LogP contribution is 2.54. The van der Waals surface area contributed by atoms with Crippen molar-refractivity contribution in [1.29, 1.82) is 0 Å². The summed E-state index contributed by atoms with van der Waals surface area (Å²) >= 11 is 0. The molecule has 74 heavy (non-hydrogen) atoms. The van der Waals surface area contributed by atoms with Crippen LogP contribution in [0.15, 0.2) is 255 Å². The van der Waals surface area contributed by atoms with Crippen LogP contribution in [0.1, 0.15) is 49.9 Å². The number of fused-ring (bicyclic) bond motifs is 9. The summed E-state index contributed by atoms with van der Waals surface area (Å²) in [5, 5.41) is 2.58. The molecule has 14 rings (SSSR count). The fourth-order valence-electron chi connectivity index (χ4n) is 12.5. The van der Waals surface area contributed by atoms with Crippen LogP contribution in [0.3, 0.4) is 0 Å². The first-order valence-electron chi connectivity index (χ1n) is 26.0. The van der Waals surface area contributed by atoms with E-state index in [2.05, 4.69) is 292 Å². The standard InChI is InChI=1S/C72H54N2/c1-71(2)65-27-13-11-25-59(65)61-43-63-64-44-62-60-26-12-14-28-66(60)72(3,4)68(62)46-70(64)74(69(63)45-67(61)71)58-24-16-23-54(42-58)53-22-15-21-52(41-53)51-33-39-57(40-34-51)73(55-35-29-49(30-36-55)47-17-7-5-8-18-47)56-37-31-50(32-38-56)48-19-9-6-10-20-48/h5-46H,1-4H3. The largest absolute Gasteiger partial charge is 0.311 e. The monoisotopic (exact) mass is 946 g/mol. The number of rotatable bonds is 8. The molecule has 0 atom stereocenters. The lowest BCUT2D eigenvalue weighted by atomic mass is 9.82. The molecule has 2 heteroatoms. The average Bonchev–Trinajstić information content (AvgIpc) is 4.08. The molecule has 12 aromatic rings. The van der Waals surface area contributed by atoms with E-state index in [1.54, 1.807) is 0 Å². The normalized spacial score (nSPS) is 13.6. The summed E-state index contributed by atoms with van der Waals surface area (Å²) in [6, 6.07) is 94.3. The number of benzene rings is 11. The predicted octanol–water partition coefficient (Wildman–Crippen LogP) is 19.5. The van der Waals surface area contributed by atoms with Crippen LogP contribution >= 0.6 is 0 Å². The van der Waals surface area contributed by atoms with Crippen LogP contribution in [0.25, 0.3) is 94.3 Å². The highest BCUT2D eigenvalue weighted by molar-refractivity contribution is 6.14. The van der Waals surface area contributed by atoms with Crippen LogP contribution in [0.4, 0.5) is 17.1 Å². The minimum atomic E-state index is -0.120. The van der Waals surface area contributed by atoms with Gasteiger partial charge in [0.05, 0.1) is 11.0 Å². The fraction of sp³-hybridized carbons (Fsp3) is 0.0833. The van der Waals surface area contributed by atoms with E-state index in [0.29, 0.717) is 0 Å². The van der Waals surface area contributed by atoms with Crippen LogP contribution in [0.5, 0.6) is 0 Å². The van der Waals surface area contributed by atoms with Crippen LogP contribution in [0, 0.1) is 0 Å². The molecule has 2 nitrogen and oxygen atoms in total. The maximum absolute atomic E-state index is 2.55. The van der Waals surface area contributed by atoms with Gasteiger partial charge in [-0.05, 0) is 168 Å². The quantitative estimate of drug-likeness (QED) is 0.147. The summed E-state index contributed by atoms with van der Waals surface area (Å²) in [6.07, 6.45) is 0. The summed E-state index contributed by atoms with van der Waals surface area (Å²) in [5.74, 6) is 0. The molecule has 2 aliphatic carbocycles. The summed E-state index contributed by atoms with van der Waals surface area (Å²) in [6.45, 7) is 9.54. The summed E-state index contributed by atoms with van der Waals surface area (Å²) < 4.78 is 2.55. The molecule has 0 radical (unpaired) electrons. The van der Waals surface area contributed by atoms with E-state index in [1.165, 1.54) is 111 Å². The van der Waals surface area contributed by atoms with Crippen molar-refractivity contribution in [1.82, 2.24) is 4.57 Å². The zero-order valence-electron chi connectivity index (χ0n) is 42.1. The summed E-state index contributed by atoms with van der Waals surface area (Å²) in [4.78, 5) is 2.35. The van der Waals surface area contributed by atoms with Crippen molar-refractivity contribution in [2.24, 2.45) is 0 Å². The topological polar surface area (TPSA) is 8.17 Å². The van der Waals surface area contributed by atoms with E-state index in [9.17, 15) is 0 Å². The van der Waals surface area contributed by atoms with Gasteiger partial charge in [0.2, 0.25) is 0 Å². The second-order valence-electron chi connectivity index (χ2n) is 21.3. The second kappa shape index (κ2) is 16.8. The van der Waals surface area contributed by atoms with Gasteiger partial charge in [-0.25, -0.2) is 0 Å². The highest BCUT2D eigenvalue weighted by atomic mass is 15.1. The van der Waals surface area contributed by atoms with Gasteiger partial charge in [0, 0.05) is 44.4 Å². The summed E-state index contributed by atoms with van der Waals surface area (Å²) in [5.41, 5.74) is 27.2. The lowest BCUT2D eigenvalue weighted by Gasteiger charge is -2.26. The third-order valence-corrected chi connectivity index (χ3v) is 16.4. The maximum Gasteiger partial charge on any atom is 0.0544 e. The van der Waals surface area contributed by atoms with Crippen LogP contribution in [0.2, 0.25) is 0 Å². The first-order valence-corrected chi connectivity index (χ1v) is 26.0. The van der Waals surface area contributed by atoms with Crippen LogP contribution in [-0.2, 0) is 10.8 Å². The molecule has 1 aromatic heterocycles. The molecule has 0 fully saturated rings. The lowest BCUT2D eigenvalue weighted by Crippen LogP contribution is -2.15. The number of hydrogen-bond donors (Lipinski definition) is 0. The first kappa shape index (κ1) is 43.8. The Morgan fingerprint density at radius 1 is 0.270 bits per heavy atom. The van der Waals surface area contributed by atoms with Crippen molar-refractivity contribution in [3.8, 4) is 72.4 Å². The molecule has 0 unspecified atom stereocenters. The van der Waals surface area contributed by atoms with Crippen molar-refractivity contribution in [2.45, 2.75) is 38.5 Å². The third-order valence-electron chi connectivity index (χ3n) is 16.4. The van der Waals surface area contributed by atoms with E-state index >= 15 is 0 Å². The van der Waals surface area contributed by atoms with Crippen molar-refractivity contribution >= 4 is 38.9 Å². The van der Waals surface area contributed by atoms with Gasteiger partial charge >= 0.3 is 0 Å². The molecule has 0 amide bonds. The van der Waals surface area contributed by atoms with E-state index < -0.39 is 0 Å². The maximum atomic E-state index is 2.55. The van der Waals surface area contributed by atoms with E-state index in [1.807, 2.05) is 0 Å². The van der Waals surface area contributed by atoms with Gasteiger partial charge in [0.25, 0.3) is 0 Å². The van der Waals surface area contributed by atoms with E-state index in [-0.39, 0.29) is 10.8 Å². The molecule has 1 heterocycles. The fourth-order valence-corrected chi connectivity index (χ4v) is 12.5. The molecule has 352 valence electrons. The minimum Gasteiger partial charge on any atom is -0.311 e. The van der Waals surface area contributed by atoms with Gasteiger partial charge < -0.3 is 9.47 Å². The van der Waals surface area contributed by atoms with Gasteiger partial charge in [-0.2, -0.15) is 0 Å². The molecule has 2 aliphatic rings. The van der Waals surface area contributed by atoms with Gasteiger partial charge in [-0.3, -0.25) is 0 Å². The molecule has 0 saturated carbocycles. The Kier molecular flexibility index (Phi) is 9.94. The van der Waals surface area contributed by atoms with Gasteiger partial charge in [-0.1, -0.05) is 204 Å². The number of aromatic nitrogens is 1. The molecule has 0 aliphatic heterocycles. The predicted molar refractivity (Wildman–Crippen MR) is 312 cm³/mol. The number of nitrogens with zero attached hydrogens (tertiary/aromatic N) is 2. The van der Waals surface area contributed by atoms with Crippen LogP contribution in [-0.4, -0.2) is 4.57 Å². The van der Waals surface area contributed by atoms with Crippen molar-refractivity contribution in [3.63, 3.8) is 0 Å². The Morgan fingerprint density at radius 2 is 0.622 bits per heavy atom. The number of anilines is 3. The molecular weight excluding hydrogens is 893 g/mol. The molecule has 0 saturated heterocycles. The smallest absolute Gasteiger partial charge is 0.0544 e. The Labute approximate surface area is 434 Å². The Morgan fingerprint density at radius 3 is 1.08 bits per heavy atom. The summed E-state index contributed by atoms with van der Waals surface area (Å²) in [7, 11) is 0. The highest BCUT2D eigenvalue weighted by Gasteiger charge is 2.38. The van der Waals surface area contributed by atoms with Crippen molar-refractivity contribution in [3.05, 3.63) is 277 Å². The third kappa shape index (κ3) is 6.93. The minimum absolute atomic E-state index is 0.120. The van der Waals surface area contributed by atoms with Gasteiger partial charge in [0.1, 0.15) is 0 Å². The van der Waals surface area contributed by atoms with Crippen molar-refractivity contribution in [2.75, 3.05) is 4.90 Å². The SMILES string of the molecule is CC1(C)c2ccccc2-c2cc3c4cc5c(cc4n(-c4cccc(-c6cccc(-c7ccc(N(c8ccc(-c9ccccc9)cc8)c8ccc(-c9ccccc9)cc8)cc7)c6)c4)c3cc21)C(C)(C)c1ccccc1-5.